The van der Waals surface area contributed by atoms with Crippen LogP contribution in [0.25, 0.3) is 10.8 Å². The molecule has 1 aromatic heterocycles. The third-order valence-corrected chi connectivity index (χ3v) is 5.84. The van der Waals surface area contributed by atoms with Crippen molar-refractivity contribution in [3.63, 3.8) is 0 Å². The lowest BCUT2D eigenvalue weighted by Crippen LogP contribution is -2.38. The number of rotatable bonds is 8. The van der Waals surface area contributed by atoms with Crippen molar-refractivity contribution in [3.8, 4) is 5.75 Å². The molecule has 0 bridgehead atoms. The van der Waals surface area contributed by atoms with Crippen molar-refractivity contribution in [2.45, 2.75) is 19.8 Å². The number of hydrogen-bond donors (Lipinski definition) is 2. The average molecular weight is 482 g/mol. The van der Waals surface area contributed by atoms with Crippen LogP contribution in [-0.2, 0) is 9.47 Å². The second kappa shape index (κ2) is 11.2. The van der Waals surface area contributed by atoms with Gasteiger partial charge < -0.3 is 29.3 Å². The van der Waals surface area contributed by atoms with Gasteiger partial charge in [0.15, 0.2) is 0 Å². The summed E-state index contributed by atoms with van der Waals surface area (Å²) in [5, 5.41) is 7.32. The lowest BCUT2D eigenvalue weighted by atomic mass is 10.1. The van der Waals surface area contributed by atoms with Crippen LogP contribution in [0.3, 0.4) is 0 Å². The molecule has 0 atom stereocenters. The van der Waals surface area contributed by atoms with Crippen LogP contribution < -0.4 is 15.4 Å². The zero-order valence-corrected chi connectivity index (χ0v) is 20.3. The summed E-state index contributed by atoms with van der Waals surface area (Å²) in [5.41, 5.74) is 0.872. The number of methoxy groups -OCH3 is 1. The van der Waals surface area contributed by atoms with Crippen molar-refractivity contribution < 1.29 is 28.2 Å². The molecule has 186 valence electrons. The molecule has 9 nitrogen and oxygen atoms in total. The van der Waals surface area contributed by atoms with Gasteiger partial charge in [-0.2, -0.15) is 0 Å². The van der Waals surface area contributed by atoms with Crippen LogP contribution in [0.15, 0.2) is 46.9 Å². The first-order valence-corrected chi connectivity index (χ1v) is 11.7. The summed E-state index contributed by atoms with van der Waals surface area (Å²) in [6, 6.07) is 12.5. The number of nitrogens with one attached hydrogen (secondary N) is 2. The van der Waals surface area contributed by atoms with Crippen LogP contribution in [0.1, 0.15) is 36.1 Å². The fourth-order valence-corrected chi connectivity index (χ4v) is 3.92. The van der Waals surface area contributed by atoms with Crippen molar-refractivity contribution in [1.82, 2.24) is 4.90 Å². The summed E-state index contributed by atoms with van der Waals surface area (Å²) in [6.45, 7) is 8.58. The number of nitrogens with zero attached hydrogens (tertiary/aromatic N) is 1. The highest BCUT2D eigenvalue weighted by Gasteiger charge is 2.22. The van der Waals surface area contributed by atoms with Gasteiger partial charge in [0.2, 0.25) is 5.76 Å². The molecular weight excluding hydrogens is 450 g/mol. The number of hydrogen-bond acceptors (Lipinski definition) is 7. The van der Waals surface area contributed by atoms with Gasteiger partial charge in [0.1, 0.15) is 18.1 Å². The van der Waals surface area contributed by atoms with Gasteiger partial charge in [-0.15, -0.1) is 0 Å². The van der Waals surface area contributed by atoms with Crippen LogP contribution in [0, 0.1) is 0 Å². The van der Waals surface area contributed by atoms with Crippen molar-refractivity contribution in [2.75, 3.05) is 57.2 Å². The Hall–Kier alpha value is -3.56. The first kappa shape index (κ1) is 24.6. The fourth-order valence-electron chi connectivity index (χ4n) is 3.92. The SMILES string of the molecule is COC(=O)c1oc(C(C)C)cc1NC(=O)Nc1ccc(OCCN2CCOCC2)c2ccccc12. The van der Waals surface area contributed by atoms with E-state index < -0.39 is 12.0 Å². The molecule has 35 heavy (non-hydrogen) atoms. The van der Waals surface area contributed by atoms with Crippen LogP contribution in [-0.4, -0.2) is 63.5 Å². The maximum Gasteiger partial charge on any atom is 0.376 e. The molecule has 9 heteroatoms. The van der Waals surface area contributed by atoms with Gasteiger partial charge in [0.05, 0.1) is 31.7 Å². The number of esters is 1. The molecule has 2 aromatic carbocycles. The summed E-state index contributed by atoms with van der Waals surface area (Å²) in [5.74, 6) is 0.669. The van der Waals surface area contributed by atoms with E-state index in [0.717, 1.165) is 49.4 Å². The summed E-state index contributed by atoms with van der Waals surface area (Å²) in [7, 11) is 1.26. The van der Waals surface area contributed by atoms with E-state index in [0.29, 0.717) is 18.1 Å². The van der Waals surface area contributed by atoms with Gasteiger partial charge in [-0.3, -0.25) is 4.90 Å². The predicted octanol–water partition coefficient (Wildman–Crippen LogP) is 4.70. The van der Waals surface area contributed by atoms with E-state index in [2.05, 4.69) is 15.5 Å². The Morgan fingerprint density at radius 3 is 2.46 bits per heavy atom. The van der Waals surface area contributed by atoms with Gasteiger partial charge in [-0.1, -0.05) is 38.1 Å². The van der Waals surface area contributed by atoms with Gasteiger partial charge >= 0.3 is 12.0 Å². The maximum absolute atomic E-state index is 12.8. The van der Waals surface area contributed by atoms with Gasteiger partial charge in [-0.25, -0.2) is 9.59 Å². The van der Waals surface area contributed by atoms with E-state index in [-0.39, 0.29) is 17.4 Å². The van der Waals surface area contributed by atoms with Gasteiger partial charge in [0, 0.05) is 42.4 Å². The number of carbonyl (C=O) groups is 2. The van der Waals surface area contributed by atoms with E-state index in [4.69, 9.17) is 18.6 Å². The molecule has 1 aliphatic rings. The molecule has 2 N–H and O–H groups in total. The highest BCUT2D eigenvalue weighted by Crippen LogP contribution is 2.32. The topological polar surface area (TPSA) is 102 Å². The quantitative estimate of drug-likeness (QED) is 0.450. The average Bonchev–Trinajstić information content (AvgIpc) is 3.29. The molecule has 3 aromatic rings. The number of amides is 2. The normalized spacial score (nSPS) is 14.2. The standard InChI is InChI=1S/C26H31N3O6/c1-17(2)23-16-21(24(35-23)25(30)32-3)28-26(31)27-20-8-9-22(19-7-5-4-6-18(19)20)34-15-12-29-10-13-33-14-11-29/h4-9,16-17H,10-15H2,1-3H3,(H2,27,28,31). The third kappa shape index (κ3) is 5.93. The summed E-state index contributed by atoms with van der Waals surface area (Å²) < 4.78 is 21.9. The second-order valence-electron chi connectivity index (χ2n) is 8.58. The molecule has 0 spiro atoms. The highest BCUT2D eigenvalue weighted by atomic mass is 16.5. The molecule has 0 radical (unpaired) electrons. The fraction of sp³-hybridized carbons (Fsp3) is 0.385. The van der Waals surface area contributed by atoms with E-state index >= 15 is 0 Å². The number of carbonyl (C=O) groups excluding carboxylic acids is 2. The molecular formula is C26H31N3O6. The monoisotopic (exact) mass is 481 g/mol. The summed E-state index contributed by atoms with van der Waals surface area (Å²) >= 11 is 0. The predicted molar refractivity (Wildman–Crippen MR) is 133 cm³/mol. The molecule has 4 rings (SSSR count). The zero-order chi connectivity index (χ0) is 24.8. The Labute approximate surface area is 204 Å². The number of benzene rings is 2. The zero-order valence-electron chi connectivity index (χ0n) is 20.3. The minimum atomic E-state index is -0.656. The molecule has 2 heterocycles. The number of urea groups is 1. The van der Waals surface area contributed by atoms with Crippen LogP contribution in [0.4, 0.5) is 16.2 Å². The molecule has 0 aliphatic carbocycles. The number of fused-ring (bicyclic) bond motifs is 1. The largest absolute Gasteiger partial charge is 0.492 e. The maximum atomic E-state index is 12.8. The first-order valence-electron chi connectivity index (χ1n) is 11.7. The van der Waals surface area contributed by atoms with Crippen molar-refractivity contribution in [3.05, 3.63) is 54.0 Å². The smallest absolute Gasteiger partial charge is 0.376 e. The lowest BCUT2D eigenvalue weighted by Gasteiger charge is -2.26. The van der Waals surface area contributed by atoms with E-state index in [1.165, 1.54) is 7.11 Å². The first-order chi connectivity index (χ1) is 17.0. The second-order valence-corrected chi connectivity index (χ2v) is 8.58. The molecule has 0 unspecified atom stereocenters. The number of ether oxygens (including phenoxy) is 3. The van der Waals surface area contributed by atoms with E-state index in [9.17, 15) is 9.59 Å². The highest BCUT2D eigenvalue weighted by molar-refractivity contribution is 6.09. The van der Waals surface area contributed by atoms with Gasteiger partial charge in [-0.05, 0) is 12.1 Å². The lowest BCUT2D eigenvalue weighted by molar-refractivity contribution is 0.0323. The number of anilines is 2. The Balaban J connectivity index is 1.47. The van der Waals surface area contributed by atoms with Crippen LogP contribution >= 0.6 is 0 Å². The molecule has 0 saturated carbocycles. The Bertz CT molecular complexity index is 1180. The minimum absolute atomic E-state index is 0.0387. The van der Waals surface area contributed by atoms with Crippen molar-refractivity contribution in [2.24, 2.45) is 0 Å². The number of furan rings is 1. The molecule has 2 amide bonds. The molecule has 1 fully saturated rings. The summed E-state index contributed by atoms with van der Waals surface area (Å²) in [6.07, 6.45) is 0. The van der Waals surface area contributed by atoms with E-state index in [1.54, 1.807) is 6.07 Å². The minimum Gasteiger partial charge on any atom is -0.492 e. The Kier molecular flexibility index (Phi) is 7.89. The number of morpholine rings is 1. The van der Waals surface area contributed by atoms with Gasteiger partial charge in [0.25, 0.3) is 0 Å². The van der Waals surface area contributed by atoms with Crippen molar-refractivity contribution >= 4 is 34.1 Å². The molecule has 1 aliphatic heterocycles. The molecule has 1 saturated heterocycles. The van der Waals surface area contributed by atoms with Crippen LogP contribution in [0.2, 0.25) is 0 Å². The van der Waals surface area contributed by atoms with E-state index in [1.807, 2.05) is 50.2 Å². The Morgan fingerprint density at radius 2 is 1.74 bits per heavy atom. The summed E-state index contributed by atoms with van der Waals surface area (Å²) in [4.78, 5) is 27.3. The van der Waals surface area contributed by atoms with Crippen molar-refractivity contribution in [1.29, 1.82) is 0 Å². The van der Waals surface area contributed by atoms with Crippen LogP contribution in [0.5, 0.6) is 5.75 Å². The Morgan fingerprint density at radius 1 is 1.03 bits per heavy atom. The third-order valence-electron chi connectivity index (χ3n) is 5.84.